The standard InChI is InChI=1S/C13H23N3O4/c1-9(5-13(19)20)10-3-2-4-16(8-10)12(18)7-15-11(17)6-14/h9-10H,2-8,14H2,1H3,(H,15,17)(H,19,20). The number of hydrogen-bond donors (Lipinski definition) is 3. The number of carbonyl (C=O) groups excluding carboxylic acids is 2. The maximum absolute atomic E-state index is 12.0. The molecule has 1 rings (SSSR count). The number of piperidine rings is 1. The van der Waals surface area contributed by atoms with Crippen molar-refractivity contribution in [2.75, 3.05) is 26.2 Å². The molecule has 2 amide bonds. The Morgan fingerprint density at radius 3 is 2.75 bits per heavy atom. The summed E-state index contributed by atoms with van der Waals surface area (Å²) in [6.07, 6.45) is 1.93. The molecule has 0 spiro atoms. The Kier molecular flexibility index (Phi) is 6.44. The topological polar surface area (TPSA) is 113 Å². The molecule has 0 aromatic rings. The van der Waals surface area contributed by atoms with Crippen LogP contribution in [0.5, 0.6) is 0 Å². The van der Waals surface area contributed by atoms with E-state index in [0.717, 1.165) is 12.8 Å². The van der Waals surface area contributed by atoms with Gasteiger partial charge in [0.15, 0.2) is 0 Å². The van der Waals surface area contributed by atoms with Crippen LogP contribution in [0.15, 0.2) is 0 Å². The fraction of sp³-hybridized carbons (Fsp3) is 0.769. The molecule has 0 radical (unpaired) electrons. The molecule has 1 saturated heterocycles. The molecule has 114 valence electrons. The number of carbonyl (C=O) groups is 3. The van der Waals surface area contributed by atoms with Crippen molar-refractivity contribution < 1.29 is 19.5 Å². The Bertz CT molecular complexity index is 373. The van der Waals surface area contributed by atoms with Gasteiger partial charge in [0.05, 0.1) is 13.1 Å². The zero-order valence-corrected chi connectivity index (χ0v) is 11.8. The lowest BCUT2D eigenvalue weighted by Crippen LogP contribution is -2.47. The average molecular weight is 285 g/mol. The summed E-state index contributed by atoms with van der Waals surface area (Å²) in [5.74, 6) is -1.06. The number of hydrogen-bond acceptors (Lipinski definition) is 4. The Hall–Kier alpha value is -1.63. The monoisotopic (exact) mass is 285 g/mol. The summed E-state index contributed by atoms with van der Waals surface area (Å²) in [5, 5.41) is 11.3. The Labute approximate surface area is 118 Å². The first-order valence-corrected chi connectivity index (χ1v) is 6.90. The van der Waals surface area contributed by atoms with Crippen LogP contribution < -0.4 is 11.1 Å². The predicted octanol–water partition coefficient (Wildman–Crippen LogP) is -0.589. The van der Waals surface area contributed by atoms with Crippen LogP contribution in [0.2, 0.25) is 0 Å². The summed E-state index contributed by atoms with van der Waals surface area (Å²) < 4.78 is 0. The molecule has 2 unspecified atom stereocenters. The molecular weight excluding hydrogens is 262 g/mol. The number of aliphatic carboxylic acids is 1. The van der Waals surface area contributed by atoms with Crippen LogP contribution in [0.3, 0.4) is 0 Å². The first-order valence-electron chi connectivity index (χ1n) is 6.90. The summed E-state index contributed by atoms with van der Waals surface area (Å²) in [4.78, 5) is 35.4. The van der Waals surface area contributed by atoms with Crippen molar-refractivity contribution in [1.82, 2.24) is 10.2 Å². The highest BCUT2D eigenvalue weighted by Crippen LogP contribution is 2.26. The van der Waals surface area contributed by atoms with E-state index in [-0.39, 0.29) is 43.2 Å². The predicted molar refractivity (Wildman–Crippen MR) is 72.8 cm³/mol. The smallest absolute Gasteiger partial charge is 0.303 e. The zero-order valence-electron chi connectivity index (χ0n) is 11.8. The van der Waals surface area contributed by atoms with Crippen molar-refractivity contribution >= 4 is 17.8 Å². The minimum Gasteiger partial charge on any atom is -0.481 e. The van der Waals surface area contributed by atoms with Gasteiger partial charge in [0, 0.05) is 19.5 Å². The zero-order chi connectivity index (χ0) is 15.1. The van der Waals surface area contributed by atoms with Gasteiger partial charge in [-0.1, -0.05) is 6.92 Å². The number of nitrogens with one attached hydrogen (secondary N) is 1. The minimum atomic E-state index is -0.809. The van der Waals surface area contributed by atoms with Crippen molar-refractivity contribution in [2.45, 2.75) is 26.2 Å². The van der Waals surface area contributed by atoms with Crippen molar-refractivity contribution in [3.8, 4) is 0 Å². The molecular formula is C13H23N3O4. The molecule has 1 aliphatic heterocycles. The summed E-state index contributed by atoms with van der Waals surface area (Å²) in [5.41, 5.74) is 5.15. The van der Waals surface area contributed by atoms with Crippen LogP contribution >= 0.6 is 0 Å². The van der Waals surface area contributed by atoms with Crippen molar-refractivity contribution in [3.05, 3.63) is 0 Å². The molecule has 20 heavy (non-hydrogen) atoms. The molecule has 0 aromatic heterocycles. The number of likely N-dealkylation sites (tertiary alicyclic amines) is 1. The summed E-state index contributed by atoms with van der Waals surface area (Å²) in [6.45, 7) is 2.95. The van der Waals surface area contributed by atoms with Crippen LogP contribution in [-0.4, -0.2) is 54.0 Å². The maximum Gasteiger partial charge on any atom is 0.303 e. The number of carboxylic acid groups (broad SMARTS) is 1. The van der Waals surface area contributed by atoms with E-state index < -0.39 is 5.97 Å². The van der Waals surface area contributed by atoms with E-state index in [1.54, 1.807) is 4.90 Å². The molecule has 1 aliphatic rings. The second kappa shape index (κ2) is 7.84. The third-order valence-corrected chi connectivity index (χ3v) is 3.73. The highest BCUT2D eigenvalue weighted by Gasteiger charge is 2.28. The van der Waals surface area contributed by atoms with Crippen LogP contribution in [0, 0.1) is 11.8 Å². The quantitative estimate of drug-likeness (QED) is 0.604. The van der Waals surface area contributed by atoms with E-state index in [2.05, 4.69) is 5.32 Å². The highest BCUT2D eigenvalue weighted by atomic mass is 16.4. The van der Waals surface area contributed by atoms with Crippen molar-refractivity contribution in [1.29, 1.82) is 0 Å². The van der Waals surface area contributed by atoms with Crippen LogP contribution in [-0.2, 0) is 14.4 Å². The molecule has 7 heteroatoms. The van der Waals surface area contributed by atoms with Crippen LogP contribution in [0.1, 0.15) is 26.2 Å². The van der Waals surface area contributed by atoms with E-state index in [1.807, 2.05) is 6.92 Å². The first-order chi connectivity index (χ1) is 9.43. The first kappa shape index (κ1) is 16.4. The van der Waals surface area contributed by atoms with Crippen molar-refractivity contribution in [3.63, 3.8) is 0 Å². The summed E-state index contributed by atoms with van der Waals surface area (Å²) in [7, 11) is 0. The van der Waals surface area contributed by atoms with E-state index in [9.17, 15) is 14.4 Å². The normalized spacial score (nSPS) is 20.3. The molecule has 0 aromatic carbocycles. The molecule has 0 bridgehead atoms. The summed E-state index contributed by atoms with van der Waals surface area (Å²) >= 11 is 0. The van der Waals surface area contributed by atoms with E-state index >= 15 is 0 Å². The summed E-state index contributed by atoms with van der Waals surface area (Å²) in [6, 6.07) is 0. The Morgan fingerprint density at radius 1 is 1.45 bits per heavy atom. The third-order valence-electron chi connectivity index (χ3n) is 3.73. The molecule has 2 atom stereocenters. The van der Waals surface area contributed by atoms with Gasteiger partial charge < -0.3 is 21.1 Å². The highest BCUT2D eigenvalue weighted by molar-refractivity contribution is 5.85. The van der Waals surface area contributed by atoms with Gasteiger partial charge in [0.2, 0.25) is 11.8 Å². The molecule has 1 heterocycles. The van der Waals surface area contributed by atoms with E-state index in [1.165, 1.54) is 0 Å². The molecule has 4 N–H and O–H groups in total. The SMILES string of the molecule is CC(CC(=O)O)C1CCCN(C(=O)CNC(=O)CN)C1. The number of amides is 2. The second-order valence-corrected chi connectivity index (χ2v) is 5.30. The van der Waals surface area contributed by atoms with Gasteiger partial charge in [0.25, 0.3) is 0 Å². The average Bonchev–Trinajstić information content (AvgIpc) is 2.43. The van der Waals surface area contributed by atoms with Crippen LogP contribution in [0.25, 0.3) is 0 Å². The second-order valence-electron chi connectivity index (χ2n) is 5.30. The van der Waals surface area contributed by atoms with Gasteiger partial charge in [-0.25, -0.2) is 0 Å². The fourth-order valence-electron chi connectivity index (χ4n) is 2.50. The van der Waals surface area contributed by atoms with Gasteiger partial charge in [0.1, 0.15) is 0 Å². The van der Waals surface area contributed by atoms with Gasteiger partial charge in [-0.15, -0.1) is 0 Å². The molecule has 1 fully saturated rings. The molecule has 0 saturated carbocycles. The van der Waals surface area contributed by atoms with Crippen molar-refractivity contribution in [2.24, 2.45) is 17.6 Å². The largest absolute Gasteiger partial charge is 0.481 e. The van der Waals surface area contributed by atoms with Gasteiger partial charge >= 0.3 is 5.97 Å². The maximum atomic E-state index is 12.0. The van der Waals surface area contributed by atoms with Gasteiger partial charge in [-0.05, 0) is 24.7 Å². The Morgan fingerprint density at radius 2 is 2.15 bits per heavy atom. The van der Waals surface area contributed by atoms with E-state index in [4.69, 9.17) is 10.8 Å². The number of nitrogens with zero attached hydrogens (tertiary/aromatic N) is 1. The Balaban J connectivity index is 2.45. The van der Waals surface area contributed by atoms with E-state index in [0.29, 0.717) is 13.1 Å². The lowest BCUT2D eigenvalue weighted by molar-refractivity contribution is -0.139. The number of rotatable bonds is 6. The lowest BCUT2D eigenvalue weighted by Gasteiger charge is -2.35. The molecule has 0 aliphatic carbocycles. The van der Waals surface area contributed by atoms with Crippen LogP contribution in [0.4, 0.5) is 0 Å². The third kappa shape index (κ3) is 5.16. The van der Waals surface area contributed by atoms with Gasteiger partial charge in [-0.2, -0.15) is 0 Å². The minimum absolute atomic E-state index is 0.0433. The number of carboxylic acids is 1. The lowest BCUT2D eigenvalue weighted by atomic mass is 9.84. The fourth-order valence-corrected chi connectivity index (χ4v) is 2.50. The number of nitrogens with two attached hydrogens (primary N) is 1. The van der Waals surface area contributed by atoms with Gasteiger partial charge in [-0.3, -0.25) is 14.4 Å². The molecule has 7 nitrogen and oxygen atoms in total.